The standard InChI is InChI=1S/C33H45N5O6/c1-26-5-3-6-29(35-26)25-37-13-17-41-21-23-43-19-15-38(16-20-44-24-22-42-18-14-37)32(27-9-11-28(34)12-10-27)30-7-4-8-31(36-30)33(39)40-2/h3-12,32H,13-25,34H2,1-2H3. The van der Waals surface area contributed by atoms with Crippen molar-refractivity contribution in [2.24, 2.45) is 0 Å². The molecule has 238 valence electrons. The maximum absolute atomic E-state index is 12.3. The minimum absolute atomic E-state index is 0.252. The molecule has 1 fully saturated rings. The van der Waals surface area contributed by atoms with Crippen molar-refractivity contribution >= 4 is 11.7 Å². The molecule has 1 aromatic carbocycles. The van der Waals surface area contributed by atoms with Crippen LogP contribution in [0.2, 0.25) is 0 Å². The second kappa shape index (κ2) is 18.4. The molecule has 11 heteroatoms. The van der Waals surface area contributed by atoms with Crippen LogP contribution in [0.3, 0.4) is 0 Å². The zero-order chi connectivity index (χ0) is 31.0. The van der Waals surface area contributed by atoms with Gasteiger partial charge in [-0.1, -0.05) is 24.3 Å². The highest BCUT2D eigenvalue weighted by atomic mass is 16.5. The Morgan fingerprint density at radius 1 is 0.795 bits per heavy atom. The van der Waals surface area contributed by atoms with Gasteiger partial charge in [-0.3, -0.25) is 14.8 Å². The normalized spacial score (nSPS) is 18.1. The lowest BCUT2D eigenvalue weighted by atomic mass is 10.0. The lowest BCUT2D eigenvalue weighted by Crippen LogP contribution is -2.36. The van der Waals surface area contributed by atoms with E-state index in [1.165, 1.54) is 7.11 Å². The molecular formula is C33H45N5O6. The Balaban J connectivity index is 1.41. The Morgan fingerprint density at radius 2 is 1.39 bits per heavy atom. The quantitative estimate of drug-likeness (QED) is 0.329. The first-order chi connectivity index (χ1) is 21.5. The van der Waals surface area contributed by atoms with Gasteiger partial charge >= 0.3 is 5.97 Å². The van der Waals surface area contributed by atoms with Crippen molar-refractivity contribution in [1.29, 1.82) is 0 Å². The predicted octanol–water partition coefficient (Wildman–Crippen LogP) is 3.13. The number of carbonyl (C=O) groups is 1. The maximum atomic E-state index is 12.3. The zero-order valence-electron chi connectivity index (χ0n) is 25.9. The first-order valence-corrected chi connectivity index (χ1v) is 15.1. The molecule has 1 saturated heterocycles. The molecule has 3 heterocycles. The van der Waals surface area contributed by atoms with Crippen LogP contribution in [0.5, 0.6) is 0 Å². The van der Waals surface area contributed by atoms with Gasteiger partial charge in [-0.2, -0.15) is 0 Å². The van der Waals surface area contributed by atoms with Crippen LogP contribution >= 0.6 is 0 Å². The number of esters is 1. The van der Waals surface area contributed by atoms with Gasteiger partial charge in [0, 0.05) is 44.1 Å². The van der Waals surface area contributed by atoms with Gasteiger partial charge in [0.15, 0.2) is 0 Å². The molecule has 2 N–H and O–H groups in total. The van der Waals surface area contributed by atoms with Crippen molar-refractivity contribution in [1.82, 2.24) is 19.8 Å². The van der Waals surface area contributed by atoms with Crippen LogP contribution in [0.25, 0.3) is 0 Å². The number of aryl methyl sites for hydroxylation is 1. The monoisotopic (exact) mass is 607 g/mol. The Morgan fingerprint density at radius 3 is 1.98 bits per heavy atom. The summed E-state index contributed by atoms with van der Waals surface area (Å²) in [4.78, 5) is 26.2. The van der Waals surface area contributed by atoms with Gasteiger partial charge in [-0.05, 0) is 48.9 Å². The number of carbonyl (C=O) groups excluding carboxylic acids is 1. The average Bonchev–Trinajstić information content (AvgIpc) is 3.03. The third-order valence-electron chi connectivity index (χ3n) is 7.29. The van der Waals surface area contributed by atoms with Gasteiger partial charge in [0.05, 0.1) is 77.4 Å². The number of rotatable bonds is 6. The van der Waals surface area contributed by atoms with Gasteiger partial charge in [0.1, 0.15) is 5.69 Å². The van der Waals surface area contributed by atoms with Crippen LogP contribution in [-0.2, 0) is 30.2 Å². The van der Waals surface area contributed by atoms with Crippen LogP contribution < -0.4 is 5.73 Å². The number of pyridine rings is 2. The first kappa shape index (κ1) is 33.4. The fraction of sp³-hybridized carbons (Fsp3) is 0.485. The Labute approximate surface area is 260 Å². The van der Waals surface area contributed by atoms with E-state index in [-0.39, 0.29) is 11.7 Å². The first-order valence-electron chi connectivity index (χ1n) is 15.1. The van der Waals surface area contributed by atoms with Crippen molar-refractivity contribution in [3.05, 3.63) is 89.0 Å². The highest BCUT2D eigenvalue weighted by molar-refractivity contribution is 5.87. The molecule has 3 aromatic rings. The summed E-state index contributed by atoms with van der Waals surface area (Å²) >= 11 is 0. The molecule has 4 rings (SSSR count). The Hall–Kier alpha value is -3.45. The number of aromatic nitrogens is 2. The lowest BCUT2D eigenvalue weighted by Gasteiger charge is -2.32. The molecule has 44 heavy (non-hydrogen) atoms. The van der Waals surface area contributed by atoms with Gasteiger partial charge in [0.25, 0.3) is 0 Å². The second-order valence-corrected chi connectivity index (χ2v) is 10.5. The molecule has 1 atom stereocenters. The number of nitrogens with zero attached hydrogens (tertiary/aromatic N) is 4. The second-order valence-electron chi connectivity index (χ2n) is 10.5. The molecular weight excluding hydrogens is 562 g/mol. The van der Waals surface area contributed by atoms with Crippen molar-refractivity contribution in [3.8, 4) is 0 Å². The number of benzene rings is 1. The van der Waals surface area contributed by atoms with Crippen molar-refractivity contribution < 1.29 is 28.5 Å². The molecule has 0 bridgehead atoms. The fourth-order valence-corrected chi connectivity index (χ4v) is 5.02. The molecule has 0 saturated carbocycles. The fourth-order valence-electron chi connectivity index (χ4n) is 5.02. The number of hydrogen-bond donors (Lipinski definition) is 1. The SMILES string of the molecule is COC(=O)c1cccc(C(c2ccc(N)cc2)N2CCOCCOCCN(Cc3cccc(C)n3)CCOCCOCC2)n1. The summed E-state index contributed by atoms with van der Waals surface area (Å²) in [6.07, 6.45) is 0. The number of hydrogen-bond acceptors (Lipinski definition) is 11. The van der Waals surface area contributed by atoms with Gasteiger partial charge in [0.2, 0.25) is 0 Å². The molecule has 0 aliphatic carbocycles. The number of anilines is 1. The van der Waals surface area contributed by atoms with Crippen LogP contribution in [0.15, 0.2) is 60.7 Å². The Bertz CT molecular complexity index is 1260. The van der Waals surface area contributed by atoms with E-state index in [4.69, 9.17) is 29.4 Å². The molecule has 1 aliphatic rings. The molecule has 1 aliphatic heterocycles. The highest BCUT2D eigenvalue weighted by Crippen LogP contribution is 2.28. The summed E-state index contributed by atoms with van der Waals surface area (Å²) in [5.41, 5.74) is 10.7. The van der Waals surface area contributed by atoms with E-state index < -0.39 is 5.97 Å². The number of ether oxygens (including phenoxy) is 5. The summed E-state index contributed by atoms with van der Waals surface area (Å²) in [5, 5.41) is 0. The van der Waals surface area contributed by atoms with Crippen LogP contribution in [0, 0.1) is 6.92 Å². The van der Waals surface area contributed by atoms with E-state index in [2.05, 4.69) is 25.8 Å². The van der Waals surface area contributed by atoms with E-state index in [9.17, 15) is 4.79 Å². The average molecular weight is 608 g/mol. The van der Waals surface area contributed by atoms with Crippen molar-refractivity contribution in [3.63, 3.8) is 0 Å². The van der Waals surface area contributed by atoms with Crippen molar-refractivity contribution in [2.45, 2.75) is 19.5 Å². The minimum atomic E-state index is -0.482. The van der Waals surface area contributed by atoms with E-state index in [1.54, 1.807) is 6.07 Å². The van der Waals surface area contributed by atoms with Gasteiger partial charge in [-0.25, -0.2) is 9.78 Å². The molecule has 2 aromatic heterocycles. The summed E-state index contributed by atoms with van der Waals surface area (Å²) in [5.74, 6) is -0.482. The van der Waals surface area contributed by atoms with E-state index in [0.717, 1.165) is 42.3 Å². The molecule has 0 radical (unpaired) electrons. The highest BCUT2D eigenvalue weighted by Gasteiger charge is 2.25. The molecule has 11 nitrogen and oxygen atoms in total. The summed E-state index contributed by atoms with van der Waals surface area (Å²) in [7, 11) is 1.35. The third-order valence-corrected chi connectivity index (χ3v) is 7.29. The van der Waals surface area contributed by atoms with Crippen molar-refractivity contribution in [2.75, 3.05) is 91.9 Å². The largest absolute Gasteiger partial charge is 0.464 e. The van der Waals surface area contributed by atoms with Crippen LogP contribution in [0.1, 0.15) is 39.2 Å². The summed E-state index contributed by atoms with van der Waals surface area (Å²) < 4.78 is 28.8. The maximum Gasteiger partial charge on any atom is 0.356 e. The van der Waals surface area contributed by atoms with Gasteiger partial charge < -0.3 is 29.4 Å². The number of nitrogens with two attached hydrogens (primary N) is 1. The van der Waals surface area contributed by atoms with Gasteiger partial charge in [-0.15, -0.1) is 0 Å². The predicted molar refractivity (Wildman–Crippen MR) is 167 cm³/mol. The number of methoxy groups -OCH3 is 1. The molecule has 0 amide bonds. The van der Waals surface area contributed by atoms with Crippen LogP contribution in [0.4, 0.5) is 5.69 Å². The minimum Gasteiger partial charge on any atom is -0.464 e. The van der Waals surface area contributed by atoms with E-state index >= 15 is 0 Å². The topological polar surface area (TPSA) is 122 Å². The molecule has 1 unspecified atom stereocenters. The lowest BCUT2D eigenvalue weighted by molar-refractivity contribution is 0.00331. The smallest absolute Gasteiger partial charge is 0.356 e. The third kappa shape index (κ3) is 10.9. The summed E-state index contributed by atoms with van der Waals surface area (Å²) in [6, 6.07) is 18.9. The van der Waals surface area contributed by atoms with E-state index in [1.807, 2.05) is 55.5 Å². The Kier molecular flexibility index (Phi) is 14.0. The number of nitrogen functional groups attached to an aromatic ring is 1. The zero-order valence-corrected chi connectivity index (χ0v) is 25.9. The summed E-state index contributed by atoms with van der Waals surface area (Å²) in [6.45, 7) is 9.61. The van der Waals surface area contributed by atoms with Crippen LogP contribution in [-0.4, -0.2) is 112 Å². The van der Waals surface area contributed by atoms with E-state index in [0.29, 0.717) is 71.6 Å². The molecule has 0 spiro atoms.